The third-order valence-corrected chi connectivity index (χ3v) is 4.93. The first kappa shape index (κ1) is 18.2. The lowest BCUT2D eigenvalue weighted by molar-refractivity contribution is -0.124. The third kappa shape index (κ3) is 4.97. The van der Waals surface area contributed by atoms with Gasteiger partial charge in [0.25, 0.3) is 5.91 Å². The number of rotatable bonds is 6. The highest BCUT2D eigenvalue weighted by Crippen LogP contribution is 2.23. The van der Waals surface area contributed by atoms with Gasteiger partial charge in [-0.1, -0.05) is 50.1 Å². The van der Waals surface area contributed by atoms with Gasteiger partial charge in [0.05, 0.1) is 6.26 Å². The molecular weight excluding hydrogens is 328 g/mol. The van der Waals surface area contributed by atoms with Crippen molar-refractivity contribution in [1.29, 1.82) is 0 Å². The Morgan fingerprint density at radius 1 is 1.15 bits per heavy atom. The monoisotopic (exact) mass is 354 g/mol. The first-order valence-electron chi connectivity index (χ1n) is 9.30. The normalized spacial score (nSPS) is 21.0. The Bertz CT molecular complexity index is 712. The van der Waals surface area contributed by atoms with Crippen LogP contribution in [0.1, 0.15) is 48.7 Å². The molecule has 3 rings (SSSR count). The average molecular weight is 354 g/mol. The summed E-state index contributed by atoms with van der Waals surface area (Å²) in [7, 11) is 0. The van der Waals surface area contributed by atoms with Crippen LogP contribution < -0.4 is 10.6 Å². The molecule has 0 spiro atoms. The average Bonchev–Trinajstić information content (AvgIpc) is 3.17. The topological polar surface area (TPSA) is 71.3 Å². The molecule has 3 unspecified atom stereocenters. The number of carbonyl (C=O) groups excluding carboxylic acids is 2. The van der Waals surface area contributed by atoms with Crippen molar-refractivity contribution >= 4 is 11.8 Å². The Morgan fingerprint density at radius 2 is 1.96 bits per heavy atom. The maximum atomic E-state index is 12.9. The summed E-state index contributed by atoms with van der Waals surface area (Å²) in [6, 6.07) is 12.5. The summed E-state index contributed by atoms with van der Waals surface area (Å²) in [5, 5.41) is 5.96. The molecule has 0 saturated heterocycles. The van der Waals surface area contributed by atoms with E-state index < -0.39 is 6.04 Å². The van der Waals surface area contributed by atoms with Crippen LogP contribution >= 0.6 is 0 Å². The Labute approximate surface area is 154 Å². The highest BCUT2D eigenvalue weighted by molar-refractivity contribution is 5.95. The van der Waals surface area contributed by atoms with Gasteiger partial charge in [0, 0.05) is 12.5 Å². The maximum absolute atomic E-state index is 12.9. The fourth-order valence-electron chi connectivity index (χ4n) is 3.56. The van der Waals surface area contributed by atoms with Gasteiger partial charge in [-0.15, -0.1) is 0 Å². The lowest BCUT2D eigenvalue weighted by Crippen LogP contribution is -2.51. The number of amides is 2. The highest BCUT2D eigenvalue weighted by Gasteiger charge is 2.27. The van der Waals surface area contributed by atoms with Crippen LogP contribution in [0.2, 0.25) is 0 Å². The molecule has 2 amide bonds. The summed E-state index contributed by atoms with van der Waals surface area (Å²) in [6.45, 7) is 2.22. The molecule has 1 aromatic carbocycles. The molecule has 2 aromatic rings. The van der Waals surface area contributed by atoms with E-state index in [9.17, 15) is 9.59 Å². The summed E-state index contributed by atoms with van der Waals surface area (Å²) < 4.78 is 5.15. The van der Waals surface area contributed by atoms with Crippen molar-refractivity contribution in [3.8, 4) is 0 Å². The number of furan rings is 1. The minimum absolute atomic E-state index is 0.132. The summed E-state index contributed by atoms with van der Waals surface area (Å²) >= 11 is 0. The van der Waals surface area contributed by atoms with E-state index in [0.717, 1.165) is 24.8 Å². The lowest BCUT2D eigenvalue weighted by atomic mass is 9.87. The number of hydrogen-bond acceptors (Lipinski definition) is 3. The second kappa shape index (κ2) is 8.70. The number of nitrogens with one attached hydrogen (secondary N) is 2. The summed E-state index contributed by atoms with van der Waals surface area (Å²) in [5.41, 5.74) is 1.00. The molecule has 2 N–H and O–H groups in total. The van der Waals surface area contributed by atoms with Crippen molar-refractivity contribution < 1.29 is 14.0 Å². The number of benzene rings is 1. The van der Waals surface area contributed by atoms with Gasteiger partial charge in [-0.3, -0.25) is 9.59 Å². The van der Waals surface area contributed by atoms with Gasteiger partial charge in [-0.05, 0) is 36.5 Å². The second-order valence-electron chi connectivity index (χ2n) is 7.17. The van der Waals surface area contributed by atoms with Gasteiger partial charge in [0.1, 0.15) is 6.04 Å². The smallest absolute Gasteiger partial charge is 0.287 e. The van der Waals surface area contributed by atoms with E-state index in [1.807, 2.05) is 30.3 Å². The maximum Gasteiger partial charge on any atom is 0.287 e. The molecule has 0 radical (unpaired) electrons. The second-order valence-corrected chi connectivity index (χ2v) is 7.17. The van der Waals surface area contributed by atoms with Gasteiger partial charge < -0.3 is 15.1 Å². The fraction of sp³-hybridized carbons (Fsp3) is 0.429. The van der Waals surface area contributed by atoms with Gasteiger partial charge in [-0.25, -0.2) is 0 Å². The van der Waals surface area contributed by atoms with E-state index in [1.165, 1.54) is 12.7 Å². The Kier molecular flexibility index (Phi) is 6.10. The largest absolute Gasteiger partial charge is 0.459 e. The molecule has 1 fully saturated rings. The van der Waals surface area contributed by atoms with Crippen LogP contribution in [0.25, 0.3) is 0 Å². The predicted octanol–water partition coefficient (Wildman–Crippen LogP) is 3.32. The number of hydrogen-bond donors (Lipinski definition) is 2. The molecule has 1 aliphatic carbocycles. The zero-order valence-electron chi connectivity index (χ0n) is 15.1. The molecule has 0 bridgehead atoms. The van der Waals surface area contributed by atoms with E-state index in [1.54, 1.807) is 12.1 Å². The summed E-state index contributed by atoms with van der Waals surface area (Å²) in [4.78, 5) is 25.2. The Morgan fingerprint density at radius 3 is 2.65 bits per heavy atom. The van der Waals surface area contributed by atoms with Crippen LogP contribution in [0.5, 0.6) is 0 Å². The van der Waals surface area contributed by atoms with Crippen molar-refractivity contribution in [2.24, 2.45) is 5.92 Å². The van der Waals surface area contributed by atoms with Crippen LogP contribution in [0.4, 0.5) is 0 Å². The van der Waals surface area contributed by atoms with Crippen LogP contribution in [-0.4, -0.2) is 23.9 Å². The van der Waals surface area contributed by atoms with E-state index in [-0.39, 0.29) is 23.6 Å². The molecule has 3 atom stereocenters. The predicted molar refractivity (Wildman–Crippen MR) is 99.7 cm³/mol. The molecule has 1 heterocycles. The molecule has 1 aliphatic rings. The van der Waals surface area contributed by atoms with E-state index in [2.05, 4.69) is 17.6 Å². The van der Waals surface area contributed by atoms with Gasteiger partial charge in [0.2, 0.25) is 5.91 Å². The van der Waals surface area contributed by atoms with E-state index >= 15 is 0 Å². The van der Waals surface area contributed by atoms with E-state index in [4.69, 9.17) is 4.42 Å². The molecule has 1 saturated carbocycles. The van der Waals surface area contributed by atoms with Crippen LogP contribution in [0, 0.1) is 5.92 Å². The highest BCUT2D eigenvalue weighted by atomic mass is 16.3. The summed E-state index contributed by atoms with van der Waals surface area (Å²) in [6.07, 6.45) is 6.24. The van der Waals surface area contributed by atoms with Gasteiger partial charge in [0.15, 0.2) is 5.76 Å². The Hall–Kier alpha value is -2.56. The van der Waals surface area contributed by atoms with Crippen molar-refractivity contribution in [2.75, 3.05) is 0 Å². The zero-order chi connectivity index (χ0) is 18.4. The molecule has 0 aliphatic heterocycles. The lowest BCUT2D eigenvalue weighted by Gasteiger charge is -2.29. The van der Waals surface area contributed by atoms with Crippen LogP contribution in [-0.2, 0) is 11.2 Å². The molecular formula is C21H26N2O3. The Balaban J connectivity index is 1.68. The molecule has 5 nitrogen and oxygen atoms in total. The minimum atomic E-state index is -0.632. The van der Waals surface area contributed by atoms with Crippen LogP contribution in [0.3, 0.4) is 0 Å². The first-order valence-corrected chi connectivity index (χ1v) is 9.30. The molecule has 5 heteroatoms. The SMILES string of the molecule is CC1CCCC(NC(=O)C(Cc2ccccc2)NC(=O)c2ccco2)C1. The molecule has 26 heavy (non-hydrogen) atoms. The quantitative estimate of drug-likeness (QED) is 0.836. The van der Waals surface area contributed by atoms with Gasteiger partial charge in [-0.2, -0.15) is 0 Å². The van der Waals surface area contributed by atoms with Crippen LogP contribution in [0.15, 0.2) is 53.1 Å². The van der Waals surface area contributed by atoms with E-state index in [0.29, 0.717) is 12.3 Å². The molecule has 1 aromatic heterocycles. The first-order chi connectivity index (χ1) is 12.6. The van der Waals surface area contributed by atoms with Gasteiger partial charge >= 0.3 is 0 Å². The molecule has 138 valence electrons. The summed E-state index contributed by atoms with van der Waals surface area (Å²) in [5.74, 6) is 0.331. The van der Waals surface area contributed by atoms with Crippen molar-refractivity contribution in [3.05, 3.63) is 60.1 Å². The zero-order valence-corrected chi connectivity index (χ0v) is 15.1. The standard InChI is InChI=1S/C21H26N2O3/c1-15-7-5-10-17(13-15)22-20(24)18(14-16-8-3-2-4-9-16)23-21(25)19-11-6-12-26-19/h2-4,6,8-9,11-12,15,17-18H,5,7,10,13-14H2,1H3,(H,22,24)(H,23,25). The van der Waals surface area contributed by atoms with Crippen molar-refractivity contribution in [3.63, 3.8) is 0 Å². The fourth-order valence-corrected chi connectivity index (χ4v) is 3.56. The third-order valence-electron chi connectivity index (χ3n) is 4.93. The van der Waals surface area contributed by atoms with Crippen molar-refractivity contribution in [1.82, 2.24) is 10.6 Å². The number of carbonyl (C=O) groups is 2. The van der Waals surface area contributed by atoms with Crippen molar-refractivity contribution in [2.45, 2.75) is 51.1 Å². The minimum Gasteiger partial charge on any atom is -0.459 e.